The lowest BCUT2D eigenvalue weighted by atomic mass is 10.0. The van der Waals surface area contributed by atoms with Crippen LogP contribution in [0.4, 0.5) is 5.69 Å². The van der Waals surface area contributed by atoms with Crippen LogP contribution in [0.5, 0.6) is 5.75 Å². The number of aromatic hydroxyl groups is 1. The first-order valence-electron chi connectivity index (χ1n) is 12.3. The number of anilines is 1. The van der Waals surface area contributed by atoms with Crippen LogP contribution in [0, 0.1) is 0 Å². The summed E-state index contributed by atoms with van der Waals surface area (Å²) in [5, 5.41) is 9.68. The molecular weight excluding hydrogens is 488 g/mol. The molecule has 1 aliphatic rings. The highest BCUT2D eigenvalue weighted by molar-refractivity contribution is 7.91. The number of nitrogens with one attached hydrogen (secondary N) is 1. The summed E-state index contributed by atoms with van der Waals surface area (Å²) in [6, 6.07) is 17.4. The minimum absolute atomic E-state index is 0.152. The SMILES string of the molecule is CC(c1ccc(-c2cncc(O)c2)cc1)N1CCN(c2ccc(C(=O)NS(=O)(=O)C(C)(C)C)cc2)CC1. The number of pyridine rings is 1. The molecule has 196 valence electrons. The fraction of sp³-hybridized carbons (Fsp3) is 0.357. The number of aromatic nitrogens is 1. The van der Waals surface area contributed by atoms with Gasteiger partial charge in [-0.1, -0.05) is 24.3 Å². The molecule has 0 saturated carbocycles. The zero-order valence-corrected chi connectivity index (χ0v) is 22.5. The number of hydrogen-bond acceptors (Lipinski definition) is 7. The van der Waals surface area contributed by atoms with E-state index in [2.05, 4.69) is 50.7 Å². The van der Waals surface area contributed by atoms with Crippen LogP contribution in [0.15, 0.2) is 67.0 Å². The Kier molecular flexibility index (Phi) is 7.57. The number of benzene rings is 2. The molecule has 4 rings (SSSR count). The predicted molar refractivity (Wildman–Crippen MR) is 146 cm³/mol. The van der Waals surface area contributed by atoms with Crippen molar-refractivity contribution in [1.82, 2.24) is 14.6 Å². The second kappa shape index (κ2) is 10.5. The number of hydrogen-bond donors (Lipinski definition) is 2. The van der Waals surface area contributed by atoms with Crippen molar-refractivity contribution in [3.05, 3.63) is 78.1 Å². The fourth-order valence-corrected chi connectivity index (χ4v) is 4.94. The topological polar surface area (TPSA) is 103 Å². The highest BCUT2D eigenvalue weighted by Gasteiger charge is 2.31. The van der Waals surface area contributed by atoms with Gasteiger partial charge in [-0.25, -0.2) is 13.1 Å². The van der Waals surface area contributed by atoms with E-state index in [1.54, 1.807) is 45.2 Å². The summed E-state index contributed by atoms with van der Waals surface area (Å²) in [5.74, 6) is -0.467. The van der Waals surface area contributed by atoms with Crippen molar-refractivity contribution in [2.24, 2.45) is 0 Å². The first-order chi connectivity index (χ1) is 17.4. The van der Waals surface area contributed by atoms with Gasteiger partial charge in [0.2, 0.25) is 10.0 Å². The Morgan fingerprint density at radius 1 is 0.946 bits per heavy atom. The third-order valence-corrected chi connectivity index (χ3v) is 8.91. The van der Waals surface area contributed by atoms with Crippen LogP contribution in [-0.2, 0) is 10.0 Å². The maximum atomic E-state index is 12.4. The van der Waals surface area contributed by atoms with Gasteiger partial charge in [0.15, 0.2) is 0 Å². The van der Waals surface area contributed by atoms with E-state index in [9.17, 15) is 18.3 Å². The Hall–Kier alpha value is -3.43. The van der Waals surface area contributed by atoms with Gasteiger partial charge >= 0.3 is 0 Å². The molecule has 1 aromatic heterocycles. The van der Waals surface area contributed by atoms with Crippen molar-refractivity contribution in [2.75, 3.05) is 31.1 Å². The van der Waals surface area contributed by atoms with Gasteiger partial charge in [0.1, 0.15) is 5.75 Å². The Balaban J connectivity index is 1.34. The Morgan fingerprint density at radius 2 is 1.57 bits per heavy atom. The van der Waals surface area contributed by atoms with Crippen LogP contribution in [-0.4, -0.2) is 60.2 Å². The van der Waals surface area contributed by atoms with Crippen LogP contribution in [0.25, 0.3) is 11.1 Å². The number of rotatable bonds is 6. The summed E-state index contributed by atoms with van der Waals surface area (Å²) in [5.41, 5.74) is 4.44. The van der Waals surface area contributed by atoms with Crippen LogP contribution < -0.4 is 9.62 Å². The highest BCUT2D eigenvalue weighted by Crippen LogP contribution is 2.27. The van der Waals surface area contributed by atoms with E-state index in [-0.39, 0.29) is 11.8 Å². The molecule has 2 aromatic carbocycles. The van der Waals surface area contributed by atoms with Crippen LogP contribution in [0.3, 0.4) is 0 Å². The third-order valence-electron chi connectivity index (χ3n) is 6.84. The number of carbonyl (C=O) groups excluding carboxylic acids is 1. The summed E-state index contributed by atoms with van der Waals surface area (Å²) < 4.78 is 25.6. The van der Waals surface area contributed by atoms with Crippen molar-refractivity contribution < 1.29 is 18.3 Å². The summed E-state index contributed by atoms with van der Waals surface area (Å²) >= 11 is 0. The number of piperazine rings is 1. The Labute approximate surface area is 219 Å². The van der Waals surface area contributed by atoms with E-state index >= 15 is 0 Å². The number of sulfonamides is 1. The minimum atomic E-state index is -3.76. The second-order valence-corrected chi connectivity index (χ2v) is 12.8. The normalized spacial score (nSPS) is 15.8. The van der Waals surface area contributed by atoms with Crippen molar-refractivity contribution in [2.45, 2.75) is 38.5 Å². The molecule has 2 N–H and O–H groups in total. The summed E-state index contributed by atoms with van der Waals surface area (Å²) in [6.45, 7) is 10.3. The molecule has 0 bridgehead atoms. The largest absolute Gasteiger partial charge is 0.506 e. The molecule has 3 aromatic rings. The van der Waals surface area contributed by atoms with E-state index in [1.807, 2.05) is 12.1 Å². The minimum Gasteiger partial charge on any atom is -0.506 e. The smallest absolute Gasteiger partial charge is 0.264 e. The average molecular weight is 523 g/mol. The Bertz CT molecular complexity index is 1340. The van der Waals surface area contributed by atoms with Gasteiger partial charge in [0.25, 0.3) is 5.91 Å². The predicted octanol–water partition coefficient (Wildman–Crippen LogP) is 4.20. The maximum absolute atomic E-state index is 12.4. The summed E-state index contributed by atoms with van der Waals surface area (Å²) in [6.07, 6.45) is 3.16. The van der Waals surface area contributed by atoms with Crippen molar-refractivity contribution in [3.8, 4) is 16.9 Å². The fourth-order valence-electron chi connectivity index (χ4n) is 4.28. The summed E-state index contributed by atoms with van der Waals surface area (Å²) in [4.78, 5) is 21.2. The van der Waals surface area contributed by atoms with Crippen LogP contribution >= 0.6 is 0 Å². The standard InChI is InChI=1S/C28H34N4O4S/c1-20(21-5-7-22(8-6-21)24-17-26(33)19-29-18-24)31-13-15-32(16-14-31)25-11-9-23(10-12-25)27(34)30-37(35,36)28(2,3)4/h5-12,17-20,33H,13-16H2,1-4H3,(H,30,34). The molecule has 1 unspecified atom stereocenters. The lowest BCUT2D eigenvalue weighted by molar-refractivity contribution is 0.0980. The molecule has 1 saturated heterocycles. The Morgan fingerprint density at radius 3 is 2.14 bits per heavy atom. The molecule has 0 spiro atoms. The molecule has 0 aliphatic carbocycles. The molecule has 1 atom stereocenters. The molecular formula is C28H34N4O4S. The summed E-state index contributed by atoms with van der Waals surface area (Å²) in [7, 11) is -3.76. The van der Waals surface area contributed by atoms with Gasteiger partial charge in [0.05, 0.1) is 10.9 Å². The molecule has 9 heteroatoms. The zero-order valence-electron chi connectivity index (χ0n) is 21.7. The van der Waals surface area contributed by atoms with E-state index in [1.165, 1.54) is 11.8 Å². The molecule has 0 radical (unpaired) electrons. The van der Waals surface area contributed by atoms with Gasteiger partial charge in [-0.15, -0.1) is 0 Å². The molecule has 1 amide bonds. The van der Waals surface area contributed by atoms with Crippen molar-refractivity contribution in [1.29, 1.82) is 0 Å². The van der Waals surface area contributed by atoms with Crippen LogP contribution in [0.1, 0.15) is 49.7 Å². The lowest BCUT2D eigenvalue weighted by Gasteiger charge is -2.39. The van der Waals surface area contributed by atoms with Crippen molar-refractivity contribution in [3.63, 3.8) is 0 Å². The van der Waals surface area contributed by atoms with Gasteiger partial charge in [-0.05, 0) is 69.2 Å². The van der Waals surface area contributed by atoms with Crippen LogP contribution in [0.2, 0.25) is 0 Å². The van der Waals surface area contributed by atoms with Crippen molar-refractivity contribution >= 4 is 21.6 Å². The maximum Gasteiger partial charge on any atom is 0.264 e. The highest BCUT2D eigenvalue weighted by atomic mass is 32.2. The number of carbonyl (C=O) groups is 1. The first-order valence-corrected chi connectivity index (χ1v) is 13.8. The lowest BCUT2D eigenvalue weighted by Crippen LogP contribution is -2.47. The van der Waals surface area contributed by atoms with Gasteiger partial charge in [-0.2, -0.15) is 0 Å². The molecule has 37 heavy (non-hydrogen) atoms. The van der Waals surface area contributed by atoms with E-state index in [0.29, 0.717) is 5.56 Å². The molecule has 2 heterocycles. The molecule has 1 aliphatic heterocycles. The second-order valence-electron chi connectivity index (χ2n) is 10.3. The zero-order chi connectivity index (χ0) is 26.8. The third kappa shape index (κ3) is 6.11. The molecule has 1 fully saturated rings. The first kappa shape index (κ1) is 26.6. The van der Waals surface area contributed by atoms with E-state index in [4.69, 9.17) is 0 Å². The quantitative estimate of drug-likeness (QED) is 0.500. The monoisotopic (exact) mass is 522 g/mol. The number of amides is 1. The van der Waals surface area contributed by atoms with Gasteiger partial charge < -0.3 is 10.0 Å². The van der Waals surface area contributed by atoms with Gasteiger partial charge in [0, 0.05) is 55.2 Å². The molecule has 8 nitrogen and oxygen atoms in total. The average Bonchev–Trinajstić information content (AvgIpc) is 2.88. The number of nitrogens with zero attached hydrogens (tertiary/aromatic N) is 3. The van der Waals surface area contributed by atoms with E-state index < -0.39 is 20.7 Å². The van der Waals surface area contributed by atoms with E-state index in [0.717, 1.165) is 43.0 Å². The van der Waals surface area contributed by atoms with Gasteiger partial charge in [-0.3, -0.25) is 14.7 Å².